The third-order valence-corrected chi connectivity index (χ3v) is 6.40. The average molecular weight is 425 g/mol. The highest BCUT2D eigenvalue weighted by Crippen LogP contribution is 2.34. The lowest BCUT2D eigenvalue weighted by molar-refractivity contribution is -0.919. The van der Waals surface area contributed by atoms with Gasteiger partial charge in [0.25, 0.3) is 0 Å². The Labute approximate surface area is 182 Å². The maximum atomic E-state index is 13.5. The molecule has 164 valence electrons. The van der Waals surface area contributed by atoms with E-state index in [0.717, 1.165) is 19.0 Å². The normalized spacial score (nSPS) is 18.8. The standard InChI is InChI=1S/C25H29NO5/c1-15-9-11-26(12-10-15)14-19-20(27)7-6-18-24(28)23(16(2)31-25(18)19)17-5-8-21(29-3)22(13-17)30-4/h5-8,13,15,27H,9-12,14H2,1-4H3/p+1. The number of benzene rings is 2. The van der Waals surface area contributed by atoms with Crippen LogP contribution in [0.3, 0.4) is 0 Å². The molecule has 2 N–H and O–H groups in total. The van der Waals surface area contributed by atoms with Crippen LogP contribution in [-0.4, -0.2) is 32.4 Å². The number of aromatic hydroxyl groups is 1. The smallest absolute Gasteiger partial charge is 0.200 e. The van der Waals surface area contributed by atoms with E-state index in [1.54, 1.807) is 45.4 Å². The van der Waals surface area contributed by atoms with E-state index in [2.05, 4.69) is 6.92 Å². The van der Waals surface area contributed by atoms with Crippen molar-refractivity contribution in [3.05, 3.63) is 51.9 Å². The van der Waals surface area contributed by atoms with Crippen LogP contribution >= 0.6 is 0 Å². The first kappa shape index (κ1) is 21.2. The Morgan fingerprint density at radius 1 is 1.10 bits per heavy atom. The van der Waals surface area contributed by atoms with Gasteiger partial charge in [0.05, 0.1) is 43.8 Å². The van der Waals surface area contributed by atoms with Gasteiger partial charge in [0.15, 0.2) is 17.1 Å². The SMILES string of the molecule is COc1ccc(-c2c(C)oc3c(C[NH+]4CCC(C)CC4)c(O)ccc3c2=O)cc1OC. The average Bonchev–Trinajstić information content (AvgIpc) is 2.77. The number of quaternary nitrogens is 1. The number of aryl methyl sites for hydroxylation is 1. The summed E-state index contributed by atoms with van der Waals surface area (Å²) < 4.78 is 16.9. The van der Waals surface area contributed by atoms with E-state index in [-0.39, 0.29) is 11.2 Å². The van der Waals surface area contributed by atoms with Gasteiger partial charge in [-0.05, 0) is 55.5 Å². The molecule has 1 saturated heterocycles. The van der Waals surface area contributed by atoms with Crippen molar-refractivity contribution in [3.63, 3.8) is 0 Å². The third-order valence-electron chi connectivity index (χ3n) is 6.40. The summed E-state index contributed by atoms with van der Waals surface area (Å²) in [6, 6.07) is 8.64. The number of methoxy groups -OCH3 is 2. The number of fused-ring (bicyclic) bond motifs is 1. The number of nitrogens with one attached hydrogen (secondary N) is 1. The predicted molar refractivity (Wildman–Crippen MR) is 120 cm³/mol. The molecule has 1 fully saturated rings. The van der Waals surface area contributed by atoms with Crippen LogP contribution in [0.1, 0.15) is 31.1 Å². The Kier molecular flexibility index (Phi) is 5.92. The van der Waals surface area contributed by atoms with Crippen LogP contribution in [0, 0.1) is 12.8 Å². The zero-order chi connectivity index (χ0) is 22.1. The molecule has 31 heavy (non-hydrogen) atoms. The van der Waals surface area contributed by atoms with Gasteiger partial charge >= 0.3 is 0 Å². The van der Waals surface area contributed by atoms with E-state index in [1.165, 1.54) is 17.7 Å². The summed E-state index contributed by atoms with van der Waals surface area (Å²) in [7, 11) is 3.14. The van der Waals surface area contributed by atoms with E-state index in [4.69, 9.17) is 13.9 Å². The number of likely N-dealkylation sites (tertiary alicyclic amines) is 1. The van der Waals surface area contributed by atoms with Gasteiger partial charge in [-0.25, -0.2) is 0 Å². The maximum absolute atomic E-state index is 13.5. The van der Waals surface area contributed by atoms with Gasteiger partial charge in [0.2, 0.25) is 5.43 Å². The molecule has 0 bridgehead atoms. The quantitative estimate of drug-likeness (QED) is 0.658. The Morgan fingerprint density at radius 3 is 2.48 bits per heavy atom. The minimum absolute atomic E-state index is 0.116. The summed E-state index contributed by atoms with van der Waals surface area (Å²) in [5, 5.41) is 11.1. The molecule has 0 atom stereocenters. The lowest BCUT2D eigenvalue weighted by atomic mass is 9.98. The topological polar surface area (TPSA) is 73.3 Å². The molecule has 0 aliphatic carbocycles. The van der Waals surface area contributed by atoms with Crippen molar-refractivity contribution in [2.75, 3.05) is 27.3 Å². The Balaban J connectivity index is 1.81. The fourth-order valence-corrected chi connectivity index (χ4v) is 4.51. The van der Waals surface area contributed by atoms with Crippen LogP contribution in [0.2, 0.25) is 0 Å². The van der Waals surface area contributed by atoms with Crippen LogP contribution in [-0.2, 0) is 6.54 Å². The van der Waals surface area contributed by atoms with E-state index < -0.39 is 0 Å². The number of hydrogen-bond acceptors (Lipinski definition) is 5. The number of phenolic OH excluding ortho intramolecular Hbond substituents is 1. The van der Waals surface area contributed by atoms with E-state index in [9.17, 15) is 9.90 Å². The summed E-state index contributed by atoms with van der Waals surface area (Å²) in [5.41, 5.74) is 2.27. The Morgan fingerprint density at radius 2 is 1.81 bits per heavy atom. The summed E-state index contributed by atoms with van der Waals surface area (Å²) >= 11 is 0. The van der Waals surface area contributed by atoms with Gasteiger partial charge in [-0.1, -0.05) is 13.0 Å². The van der Waals surface area contributed by atoms with Crippen LogP contribution in [0.4, 0.5) is 0 Å². The molecule has 2 aromatic carbocycles. The summed E-state index contributed by atoms with van der Waals surface area (Å²) in [5.74, 6) is 2.58. The summed E-state index contributed by atoms with van der Waals surface area (Å²) in [4.78, 5) is 14.9. The second-order valence-electron chi connectivity index (χ2n) is 8.48. The van der Waals surface area contributed by atoms with Gasteiger partial charge in [0, 0.05) is 0 Å². The lowest BCUT2D eigenvalue weighted by Crippen LogP contribution is -3.11. The zero-order valence-corrected chi connectivity index (χ0v) is 18.6. The predicted octanol–water partition coefficient (Wildman–Crippen LogP) is 3.31. The van der Waals surface area contributed by atoms with Crippen LogP contribution in [0.15, 0.2) is 39.5 Å². The van der Waals surface area contributed by atoms with Crippen molar-refractivity contribution in [2.45, 2.75) is 33.2 Å². The molecule has 0 saturated carbocycles. The minimum Gasteiger partial charge on any atom is -0.507 e. The second-order valence-corrected chi connectivity index (χ2v) is 8.48. The van der Waals surface area contributed by atoms with Gasteiger partial charge in [-0.3, -0.25) is 4.79 Å². The molecule has 0 unspecified atom stereocenters. The van der Waals surface area contributed by atoms with Gasteiger partial charge in [-0.2, -0.15) is 0 Å². The van der Waals surface area contributed by atoms with Crippen LogP contribution < -0.4 is 19.8 Å². The summed E-state index contributed by atoms with van der Waals surface area (Å²) in [6.07, 6.45) is 2.35. The molecule has 0 radical (unpaired) electrons. The number of rotatable bonds is 5. The molecule has 1 aliphatic rings. The van der Waals surface area contributed by atoms with Gasteiger partial charge in [-0.15, -0.1) is 0 Å². The van der Waals surface area contributed by atoms with Crippen molar-refractivity contribution in [2.24, 2.45) is 5.92 Å². The molecule has 6 nitrogen and oxygen atoms in total. The number of piperidine rings is 1. The maximum Gasteiger partial charge on any atom is 0.200 e. The molecule has 0 spiro atoms. The second kappa shape index (κ2) is 8.63. The highest BCUT2D eigenvalue weighted by atomic mass is 16.5. The van der Waals surface area contributed by atoms with Crippen LogP contribution in [0.25, 0.3) is 22.1 Å². The molecular weight excluding hydrogens is 394 g/mol. The zero-order valence-electron chi connectivity index (χ0n) is 18.6. The van der Waals surface area contributed by atoms with E-state index in [0.29, 0.717) is 51.5 Å². The van der Waals surface area contributed by atoms with Crippen molar-refractivity contribution in [1.29, 1.82) is 0 Å². The summed E-state index contributed by atoms with van der Waals surface area (Å²) in [6.45, 7) is 6.84. The number of ether oxygens (including phenoxy) is 2. The van der Waals surface area contributed by atoms with E-state index in [1.807, 2.05) is 6.07 Å². The minimum atomic E-state index is -0.116. The highest BCUT2D eigenvalue weighted by molar-refractivity contribution is 5.86. The number of phenols is 1. The highest BCUT2D eigenvalue weighted by Gasteiger charge is 2.24. The fourth-order valence-electron chi connectivity index (χ4n) is 4.51. The van der Waals surface area contributed by atoms with Crippen molar-refractivity contribution >= 4 is 11.0 Å². The lowest BCUT2D eigenvalue weighted by Gasteiger charge is -2.27. The molecule has 1 aromatic heterocycles. The van der Waals surface area contributed by atoms with Crippen molar-refractivity contribution < 1.29 is 23.9 Å². The Bertz CT molecular complexity index is 1160. The molecule has 1 aliphatic heterocycles. The van der Waals surface area contributed by atoms with Gasteiger partial charge in [0.1, 0.15) is 18.1 Å². The molecule has 6 heteroatoms. The molecular formula is C25H30NO5+. The third kappa shape index (κ3) is 4.00. The first-order valence-corrected chi connectivity index (χ1v) is 10.8. The van der Waals surface area contributed by atoms with Crippen molar-refractivity contribution in [1.82, 2.24) is 0 Å². The molecule has 2 heterocycles. The van der Waals surface area contributed by atoms with Crippen LogP contribution in [0.5, 0.6) is 17.2 Å². The first-order valence-electron chi connectivity index (χ1n) is 10.8. The van der Waals surface area contributed by atoms with Crippen molar-refractivity contribution in [3.8, 4) is 28.4 Å². The fraction of sp³-hybridized carbons (Fsp3) is 0.400. The van der Waals surface area contributed by atoms with E-state index >= 15 is 0 Å². The largest absolute Gasteiger partial charge is 0.507 e. The number of hydrogen-bond donors (Lipinski definition) is 2. The monoisotopic (exact) mass is 424 g/mol. The first-order chi connectivity index (χ1) is 14.9. The van der Waals surface area contributed by atoms with Gasteiger partial charge < -0.3 is 23.9 Å². The molecule has 0 amide bonds. The Hall–Kier alpha value is -2.99. The molecule has 3 aromatic rings. The molecule has 4 rings (SSSR count).